The van der Waals surface area contributed by atoms with Crippen molar-refractivity contribution in [3.8, 4) is 22.6 Å². The number of aromatic nitrogens is 3. The average Bonchev–Trinajstić information content (AvgIpc) is 2.50. The number of hydrogen-bond donors (Lipinski definition) is 0. The molecule has 0 unspecified atom stereocenters. The molecule has 394 valence electrons. The lowest BCUT2D eigenvalue weighted by molar-refractivity contribution is 0.812. The highest BCUT2D eigenvalue weighted by Crippen LogP contribution is 2.47. The van der Waals surface area contributed by atoms with Crippen LogP contribution < -0.4 is 4.90 Å². The minimum absolute atomic E-state index is 0.873. The van der Waals surface area contributed by atoms with Gasteiger partial charge < -0.3 is 18.6 Å². The van der Waals surface area contributed by atoms with Crippen molar-refractivity contribution in [1.29, 1.82) is 0 Å². The summed E-state index contributed by atoms with van der Waals surface area (Å²) in [6, 6.07) is 95.1. The molecule has 18 rings (SSSR count). The smallest absolute Gasteiger partial charge is 0.0619 e. The summed E-state index contributed by atoms with van der Waals surface area (Å²) in [6.07, 6.45) is 13.2. The van der Waals surface area contributed by atoms with Crippen molar-refractivity contribution < 1.29 is 0 Å². The van der Waals surface area contributed by atoms with Crippen LogP contribution in [-0.2, 0) is 6.42 Å². The molecule has 16 aromatic rings. The minimum atomic E-state index is 0.873. The van der Waals surface area contributed by atoms with Gasteiger partial charge in [-0.25, -0.2) is 0 Å². The molecule has 84 heavy (non-hydrogen) atoms. The molecule has 0 amide bonds. The molecule has 0 saturated heterocycles. The topological polar surface area (TPSA) is 18.0 Å². The number of nitrogens with zero attached hydrogens (tertiary/aromatic N) is 4. The normalized spacial score (nSPS) is 13.6. The van der Waals surface area contributed by atoms with Crippen molar-refractivity contribution in [3.05, 3.63) is 290 Å². The van der Waals surface area contributed by atoms with Crippen molar-refractivity contribution in [2.24, 2.45) is 0 Å². The van der Waals surface area contributed by atoms with Gasteiger partial charge in [-0.15, -0.1) is 0 Å². The van der Waals surface area contributed by atoms with E-state index in [4.69, 9.17) is 0 Å². The third-order valence-electron chi connectivity index (χ3n) is 18.5. The van der Waals surface area contributed by atoms with Gasteiger partial charge in [0.25, 0.3) is 0 Å². The summed E-state index contributed by atoms with van der Waals surface area (Å²) in [5.74, 6) is 0. The molecular weight excluding hydrogens is 1020 g/mol. The third-order valence-corrected chi connectivity index (χ3v) is 18.5. The standard InChI is InChI=1S/C80H54N4/c1-7-24-63-52(16-1)33-48-72-75(63)69-30-13-21-51-15-4-10-27-66(51)78(69)82(72)58-23-14-22-57(36-37-58)81(59-38-42-61(43-39-59)83-73-49-34-53-17-2-8-25-64(53)76(73)70-46-31-55-19-5-11-28-67(55)79(70)83)60-40-44-62(45-41-60)84-74-50-35-54-18-3-9-26-65(54)77(74)71-47-32-56-20-6-12-29-68(56)80(71)84/h1-13,15-21,24-29,31-50H,14,22-23,30H2. The number of anilines is 2. The molecule has 2 aliphatic rings. The maximum atomic E-state index is 2.62. The number of rotatable bonds is 6. The molecule has 0 N–H and O–H groups in total. The van der Waals surface area contributed by atoms with Crippen LogP contribution in [0, 0.1) is 0 Å². The molecule has 0 bridgehead atoms. The highest BCUT2D eigenvalue weighted by Gasteiger charge is 2.27. The van der Waals surface area contributed by atoms with Crippen molar-refractivity contribution in [3.63, 3.8) is 0 Å². The quantitative estimate of drug-likeness (QED) is 0.162. The Morgan fingerprint density at radius 3 is 1.31 bits per heavy atom. The van der Waals surface area contributed by atoms with Crippen LogP contribution in [0.3, 0.4) is 0 Å². The Balaban J connectivity index is 0.836. The Labute approximate surface area is 485 Å². The van der Waals surface area contributed by atoms with Crippen LogP contribution in [0.4, 0.5) is 11.4 Å². The van der Waals surface area contributed by atoms with Crippen molar-refractivity contribution in [2.45, 2.75) is 25.7 Å². The Kier molecular flexibility index (Phi) is 10.3. The molecule has 0 atom stereocenters. The van der Waals surface area contributed by atoms with Gasteiger partial charge in [0.1, 0.15) is 0 Å². The van der Waals surface area contributed by atoms with Gasteiger partial charge in [0.05, 0.1) is 33.3 Å². The average molecular weight is 1070 g/mol. The van der Waals surface area contributed by atoms with Gasteiger partial charge in [0.2, 0.25) is 0 Å². The molecule has 3 heterocycles. The zero-order chi connectivity index (χ0) is 55.0. The molecule has 4 heteroatoms. The fourth-order valence-electron chi connectivity index (χ4n) is 14.9. The highest BCUT2D eigenvalue weighted by atomic mass is 15.2. The van der Waals surface area contributed by atoms with Gasteiger partial charge in [-0.3, -0.25) is 0 Å². The van der Waals surface area contributed by atoms with E-state index in [1.807, 2.05) is 0 Å². The fraction of sp³-hybridized carbons (Fsp3) is 0.0500. The van der Waals surface area contributed by atoms with Crippen LogP contribution in [0.25, 0.3) is 143 Å². The SMILES string of the molecule is C1=Cc2ccccc2-c2c(c3c4ccccc4ccc3n2C2=CC=C(N(c3ccc(-n4c5ccc6ccccc6c5c5ccc6ccccc6c54)cc3)c3ccc(-n4c5ccc6ccccc6c5c5ccc6ccccc6c54)cc3)CCC2)C1. The first-order valence-electron chi connectivity index (χ1n) is 29.6. The number of benzene rings is 13. The molecule has 0 fully saturated rings. The summed E-state index contributed by atoms with van der Waals surface area (Å²) < 4.78 is 7.62. The predicted molar refractivity (Wildman–Crippen MR) is 358 cm³/mol. The van der Waals surface area contributed by atoms with Crippen LogP contribution in [-0.4, -0.2) is 13.7 Å². The lowest BCUT2D eigenvalue weighted by Gasteiger charge is -2.28. The van der Waals surface area contributed by atoms with Crippen LogP contribution in [0.15, 0.2) is 279 Å². The third kappa shape index (κ3) is 6.95. The van der Waals surface area contributed by atoms with E-state index < -0.39 is 0 Å². The Morgan fingerprint density at radius 2 is 0.774 bits per heavy atom. The van der Waals surface area contributed by atoms with E-state index in [1.165, 1.54) is 142 Å². The molecule has 0 aliphatic heterocycles. The number of hydrogen-bond acceptors (Lipinski definition) is 1. The molecular formula is C80H54N4. The molecule has 0 radical (unpaired) electrons. The Bertz CT molecular complexity index is 5310. The lowest BCUT2D eigenvalue weighted by atomic mass is 9.98. The highest BCUT2D eigenvalue weighted by molar-refractivity contribution is 6.27. The van der Waals surface area contributed by atoms with Crippen molar-refractivity contribution in [1.82, 2.24) is 13.7 Å². The van der Waals surface area contributed by atoms with Gasteiger partial charge in [-0.05, 0) is 159 Å². The van der Waals surface area contributed by atoms with E-state index in [0.29, 0.717) is 0 Å². The molecule has 13 aromatic carbocycles. The largest absolute Gasteiger partial charge is 0.314 e. The van der Waals surface area contributed by atoms with E-state index in [-0.39, 0.29) is 0 Å². The second-order valence-electron chi connectivity index (χ2n) is 23.0. The van der Waals surface area contributed by atoms with Crippen LogP contribution in [0.5, 0.6) is 0 Å². The van der Waals surface area contributed by atoms with E-state index in [2.05, 4.69) is 298 Å². The van der Waals surface area contributed by atoms with Gasteiger partial charge in [0.15, 0.2) is 0 Å². The maximum absolute atomic E-state index is 2.62. The van der Waals surface area contributed by atoms with Crippen LogP contribution in [0.2, 0.25) is 0 Å². The second kappa shape index (κ2) is 18.4. The summed E-state index contributed by atoms with van der Waals surface area (Å²) in [6.45, 7) is 0. The molecule has 4 nitrogen and oxygen atoms in total. The molecule has 0 saturated carbocycles. The van der Waals surface area contributed by atoms with Gasteiger partial charge >= 0.3 is 0 Å². The van der Waals surface area contributed by atoms with Crippen LogP contribution >= 0.6 is 0 Å². The van der Waals surface area contributed by atoms with Crippen molar-refractivity contribution in [2.75, 3.05) is 4.90 Å². The van der Waals surface area contributed by atoms with E-state index >= 15 is 0 Å². The van der Waals surface area contributed by atoms with Crippen molar-refractivity contribution >= 4 is 132 Å². The summed E-state index contributed by atoms with van der Waals surface area (Å²) >= 11 is 0. The summed E-state index contributed by atoms with van der Waals surface area (Å²) in [7, 11) is 0. The summed E-state index contributed by atoms with van der Waals surface area (Å²) in [4.78, 5) is 2.53. The van der Waals surface area contributed by atoms with Crippen LogP contribution in [0.1, 0.15) is 30.4 Å². The Hall–Kier alpha value is -10.7. The Morgan fingerprint density at radius 1 is 0.333 bits per heavy atom. The molecule has 0 spiro atoms. The minimum Gasteiger partial charge on any atom is -0.314 e. The predicted octanol–water partition coefficient (Wildman–Crippen LogP) is 21.6. The zero-order valence-corrected chi connectivity index (χ0v) is 46.2. The number of allylic oxidation sites excluding steroid dienone is 5. The van der Waals surface area contributed by atoms with E-state index in [0.717, 1.165) is 48.4 Å². The van der Waals surface area contributed by atoms with Gasteiger partial charge in [-0.2, -0.15) is 0 Å². The fourth-order valence-corrected chi connectivity index (χ4v) is 14.9. The van der Waals surface area contributed by atoms with E-state index in [9.17, 15) is 0 Å². The summed E-state index contributed by atoms with van der Waals surface area (Å²) in [5.41, 5.74) is 18.5. The first-order chi connectivity index (χ1) is 41.7. The first-order valence-corrected chi connectivity index (χ1v) is 29.6. The van der Waals surface area contributed by atoms with Gasteiger partial charge in [0, 0.05) is 77.4 Å². The summed E-state index contributed by atoms with van der Waals surface area (Å²) in [5, 5.41) is 19.1. The maximum Gasteiger partial charge on any atom is 0.0619 e. The first kappa shape index (κ1) is 47.0. The molecule has 2 aliphatic carbocycles. The monoisotopic (exact) mass is 1070 g/mol. The molecule has 3 aromatic heterocycles. The lowest BCUT2D eigenvalue weighted by Crippen LogP contribution is -2.16. The van der Waals surface area contributed by atoms with Gasteiger partial charge in [-0.1, -0.05) is 200 Å². The van der Waals surface area contributed by atoms with E-state index in [1.54, 1.807) is 0 Å². The zero-order valence-electron chi connectivity index (χ0n) is 46.2. The second-order valence-corrected chi connectivity index (χ2v) is 23.0. The number of fused-ring (bicyclic) bond motifs is 21.